The Morgan fingerprint density at radius 1 is 1.21 bits per heavy atom. The average Bonchev–Trinajstić information content (AvgIpc) is 3.00. The number of carbonyl (C=O) groups excluding carboxylic acids is 3. The molecule has 3 N–H and O–H groups in total. The molecule has 0 aliphatic carbocycles. The van der Waals surface area contributed by atoms with Crippen LogP contribution in [0.25, 0.3) is 0 Å². The minimum Gasteiger partial charge on any atom is -0.380 e. The Balaban J connectivity index is 1.48. The molecule has 2 heterocycles. The highest BCUT2D eigenvalue weighted by molar-refractivity contribution is 6.05. The molecule has 8 nitrogen and oxygen atoms in total. The number of fused-ring (bicyclic) bond motifs is 1. The first kappa shape index (κ1) is 20.4. The lowest BCUT2D eigenvalue weighted by molar-refractivity contribution is -0.136. The van der Waals surface area contributed by atoms with Crippen molar-refractivity contribution in [3.63, 3.8) is 0 Å². The summed E-state index contributed by atoms with van der Waals surface area (Å²) in [5.74, 6) is -0.794. The van der Waals surface area contributed by atoms with Gasteiger partial charge >= 0.3 is 0 Å². The normalized spacial score (nSPS) is 19.1. The van der Waals surface area contributed by atoms with E-state index in [0.717, 1.165) is 37.2 Å². The molecule has 152 valence electrons. The average molecular weight is 388 g/mol. The third kappa shape index (κ3) is 4.95. The highest BCUT2D eigenvalue weighted by atomic mass is 16.5. The van der Waals surface area contributed by atoms with Crippen LogP contribution in [-0.4, -0.2) is 62.0 Å². The fourth-order valence-corrected chi connectivity index (χ4v) is 3.54. The third-order valence-corrected chi connectivity index (χ3v) is 5.06. The van der Waals surface area contributed by atoms with E-state index >= 15 is 0 Å². The maximum absolute atomic E-state index is 12.8. The molecule has 1 saturated heterocycles. The van der Waals surface area contributed by atoms with Crippen LogP contribution >= 0.6 is 0 Å². The fraction of sp³-hybridized carbons (Fsp3) is 0.550. The Morgan fingerprint density at radius 3 is 2.86 bits per heavy atom. The van der Waals surface area contributed by atoms with Gasteiger partial charge < -0.3 is 20.3 Å². The second-order valence-electron chi connectivity index (χ2n) is 7.14. The molecule has 0 radical (unpaired) electrons. The summed E-state index contributed by atoms with van der Waals surface area (Å²) in [6, 6.07) is 5.27. The van der Waals surface area contributed by atoms with Crippen molar-refractivity contribution < 1.29 is 19.1 Å². The number of amides is 3. The summed E-state index contributed by atoms with van der Waals surface area (Å²) in [5, 5.41) is 8.72. The molecule has 3 amide bonds. The molecular weight excluding hydrogens is 360 g/mol. The molecule has 2 aliphatic rings. The monoisotopic (exact) mass is 388 g/mol. The number of ether oxygens (including phenoxy) is 1. The summed E-state index contributed by atoms with van der Waals surface area (Å²) in [6.07, 6.45) is 1.64. The molecule has 1 unspecified atom stereocenters. The van der Waals surface area contributed by atoms with Gasteiger partial charge in [-0.05, 0) is 43.6 Å². The van der Waals surface area contributed by atoms with Crippen LogP contribution in [-0.2, 0) is 27.4 Å². The SMILES string of the molecule is CNCCCOCCNCc1ccc2c(c1)C(=O)N(C1CCC(=O)NC1=O)C2. The quantitative estimate of drug-likeness (QED) is 0.390. The van der Waals surface area contributed by atoms with E-state index in [-0.39, 0.29) is 24.1 Å². The van der Waals surface area contributed by atoms with Crippen LogP contribution in [0.3, 0.4) is 0 Å². The van der Waals surface area contributed by atoms with E-state index in [4.69, 9.17) is 4.74 Å². The first-order valence-electron chi connectivity index (χ1n) is 9.79. The van der Waals surface area contributed by atoms with E-state index in [1.165, 1.54) is 0 Å². The summed E-state index contributed by atoms with van der Waals surface area (Å²) in [5.41, 5.74) is 2.59. The van der Waals surface area contributed by atoms with Crippen LogP contribution in [0.1, 0.15) is 40.7 Å². The van der Waals surface area contributed by atoms with Gasteiger partial charge in [-0.1, -0.05) is 12.1 Å². The van der Waals surface area contributed by atoms with Gasteiger partial charge in [0.25, 0.3) is 5.91 Å². The maximum atomic E-state index is 12.8. The first-order valence-corrected chi connectivity index (χ1v) is 9.79. The number of nitrogens with zero attached hydrogens (tertiary/aromatic N) is 1. The lowest BCUT2D eigenvalue weighted by Gasteiger charge is -2.29. The molecule has 0 saturated carbocycles. The van der Waals surface area contributed by atoms with E-state index in [0.29, 0.717) is 31.7 Å². The van der Waals surface area contributed by atoms with Gasteiger partial charge in [0.15, 0.2) is 0 Å². The summed E-state index contributed by atoms with van der Waals surface area (Å²) in [6.45, 7) is 4.15. The maximum Gasteiger partial charge on any atom is 0.255 e. The molecule has 1 aromatic rings. The van der Waals surface area contributed by atoms with Gasteiger partial charge in [-0.15, -0.1) is 0 Å². The molecule has 1 fully saturated rings. The Morgan fingerprint density at radius 2 is 2.07 bits per heavy atom. The second-order valence-corrected chi connectivity index (χ2v) is 7.14. The Labute approximate surface area is 165 Å². The summed E-state index contributed by atoms with van der Waals surface area (Å²) < 4.78 is 5.54. The molecule has 0 spiro atoms. The van der Waals surface area contributed by atoms with Gasteiger partial charge in [0.05, 0.1) is 6.61 Å². The minimum absolute atomic E-state index is 0.140. The lowest BCUT2D eigenvalue weighted by Crippen LogP contribution is -2.52. The number of carbonyl (C=O) groups is 3. The summed E-state index contributed by atoms with van der Waals surface area (Å²) in [7, 11) is 1.92. The summed E-state index contributed by atoms with van der Waals surface area (Å²) >= 11 is 0. The van der Waals surface area contributed by atoms with Gasteiger partial charge in [-0.2, -0.15) is 0 Å². The third-order valence-electron chi connectivity index (χ3n) is 5.06. The van der Waals surface area contributed by atoms with Crippen LogP contribution in [0.15, 0.2) is 18.2 Å². The van der Waals surface area contributed by atoms with Gasteiger partial charge in [-0.3, -0.25) is 19.7 Å². The zero-order valence-electron chi connectivity index (χ0n) is 16.3. The second kappa shape index (κ2) is 9.77. The predicted octanol–water partition coefficient (Wildman–Crippen LogP) is 0.163. The van der Waals surface area contributed by atoms with Crippen molar-refractivity contribution in [2.24, 2.45) is 0 Å². The molecule has 2 aliphatic heterocycles. The largest absolute Gasteiger partial charge is 0.380 e. The zero-order chi connectivity index (χ0) is 19.9. The minimum atomic E-state index is -0.570. The van der Waals surface area contributed by atoms with E-state index in [1.54, 1.807) is 4.90 Å². The van der Waals surface area contributed by atoms with Crippen LogP contribution in [0.4, 0.5) is 0 Å². The Hall–Kier alpha value is -2.29. The number of piperidine rings is 1. The Bertz CT molecular complexity index is 737. The van der Waals surface area contributed by atoms with Crippen LogP contribution in [0, 0.1) is 0 Å². The molecule has 3 rings (SSSR count). The lowest BCUT2D eigenvalue weighted by atomic mass is 10.0. The number of hydrogen-bond acceptors (Lipinski definition) is 6. The molecule has 0 bridgehead atoms. The number of nitrogens with one attached hydrogen (secondary N) is 3. The Kier molecular flexibility index (Phi) is 7.13. The van der Waals surface area contributed by atoms with Crippen molar-refractivity contribution in [3.8, 4) is 0 Å². The van der Waals surface area contributed by atoms with E-state index in [1.807, 2.05) is 25.2 Å². The highest BCUT2D eigenvalue weighted by Crippen LogP contribution is 2.28. The predicted molar refractivity (Wildman–Crippen MR) is 104 cm³/mol. The molecular formula is C20H28N4O4. The molecule has 0 aromatic heterocycles. The number of imide groups is 1. The first-order chi connectivity index (χ1) is 13.6. The fourth-order valence-electron chi connectivity index (χ4n) is 3.54. The van der Waals surface area contributed by atoms with Crippen molar-refractivity contribution in [3.05, 3.63) is 34.9 Å². The van der Waals surface area contributed by atoms with Crippen molar-refractivity contribution in [1.29, 1.82) is 0 Å². The summed E-state index contributed by atoms with van der Waals surface area (Å²) in [4.78, 5) is 37.8. The van der Waals surface area contributed by atoms with Crippen molar-refractivity contribution in [2.75, 3.05) is 33.4 Å². The zero-order valence-corrected chi connectivity index (χ0v) is 16.3. The van der Waals surface area contributed by atoms with Crippen molar-refractivity contribution in [2.45, 2.75) is 38.4 Å². The van der Waals surface area contributed by atoms with E-state index in [9.17, 15) is 14.4 Å². The van der Waals surface area contributed by atoms with Crippen LogP contribution in [0.5, 0.6) is 0 Å². The molecule has 8 heteroatoms. The number of hydrogen-bond donors (Lipinski definition) is 3. The van der Waals surface area contributed by atoms with Crippen molar-refractivity contribution >= 4 is 17.7 Å². The van der Waals surface area contributed by atoms with Gasteiger partial charge in [-0.25, -0.2) is 0 Å². The van der Waals surface area contributed by atoms with Gasteiger partial charge in [0.1, 0.15) is 6.04 Å². The van der Waals surface area contributed by atoms with E-state index < -0.39 is 6.04 Å². The molecule has 1 atom stereocenters. The number of benzene rings is 1. The van der Waals surface area contributed by atoms with Crippen LogP contribution < -0.4 is 16.0 Å². The smallest absolute Gasteiger partial charge is 0.255 e. The van der Waals surface area contributed by atoms with Crippen molar-refractivity contribution in [1.82, 2.24) is 20.9 Å². The number of rotatable bonds is 10. The van der Waals surface area contributed by atoms with E-state index in [2.05, 4.69) is 16.0 Å². The standard InChI is InChI=1S/C20H28N4O4/c1-21-7-2-9-28-10-8-22-12-14-3-4-15-13-24(20(27)16(15)11-14)17-5-6-18(25)23-19(17)26/h3-4,11,17,21-22H,2,5-10,12-13H2,1H3,(H,23,25,26). The molecule has 28 heavy (non-hydrogen) atoms. The van der Waals surface area contributed by atoms with Crippen LogP contribution in [0.2, 0.25) is 0 Å². The topological polar surface area (TPSA) is 99.8 Å². The molecule has 1 aromatic carbocycles. The van der Waals surface area contributed by atoms with Gasteiger partial charge in [0.2, 0.25) is 11.8 Å². The van der Waals surface area contributed by atoms with Gasteiger partial charge in [0, 0.05) is 38.2 Å². The highest BCUT2D eigenvalue weighted by Gasteiger charge is 2.38.